The molecule has 23 heteroatoms. The molecule has 0 saturated carbocycles. The van der Waals surface area contributed by atoms with Crippen LogP contribution in [0.1, 0.15) is 101 Å². The van der Waals surface area contributed by atoms with Crippen LogP contribution in [0, 0.1) is 11.8 Å². The van der Waals surface area contributed by atoms with Gasteiger partial charge in [0.15, 0.2) is 5.96 Å². The number of aliphatic carboxylic acids is 2. The molecular formula is C41H63N11O12. The average molecular weight is 902 g/mol. The SMILES string of the molecule is CC[C@@H](C)C(=O)N[C@@H](CC(=O)O)C(=O)NCCCCCC(=O)Nc1cc2cc(c1)C(=O)N[C@H](C(C)C)C(=O)N(C)[C@@H](CCCN=C(N)N)C(=O)NCC(=O)N[C@@H](CC(=O)O)C(=O)NC2. The highest BCUT2D eigenvalue weighted by Gasteiger charge is 2.34. The van der Waals surface area contributed by atoms with Gasteiger partial charge in [-0.15, -0.1) is 0 Å². The second-order valence-corrected chi connectivity index (χ2v) is 15.8. The molecule has 1 aliphatic rings. The van der Waals surface area contributed by atoms with E-state index in [0.717, 1.165) is 4.90 Å². The maximum absolute atomic E-state index is 14.0. The molecule has 1 aliphatic heterocycles. The number of carbonyl (C=O) groups is 10. The Kier molecular flexibility index (Phi) is 22.2. The topological polar surface area (TPSA) is 363 Å². The lowest BCUT2D eigenvalue weighted by Gasteiger charge is -2.32. The molecule has 8 amide bonds. The molecule has 1 aromatic rings. The predicted octanol–water partition coefficient (Wildman–Crippen LogP) is -1.35. The number of benzene rings is 1. The number of nitrogens with two attached hydrogens (primary N) is 2. The Balaban J connectivity index is 2.32. The zero-order valence-corrected chi connectivity index (χ0v) is 36.9. The molecule has 1 heterocycles. The predicted molar refractivity (Wildman–Crippen MR) is 232 cm³/mol. The van der Waals surface area contributed by atoms with E-state index in [4.69, 9.17) is 11.5 Å². The number of carboxylic acid groups (broad SMARTS) is 2. The van der Waals surface area contributed by atoms with Gasteiger partial charge in [-0.05, 0) is 61.8 Å². The van der Waals surface area contributed by atoms with Gasteiger partial charge < -0.3 is 63.8 Å². The molecule has 13 N–H and O–H groups in total. The fourth-order valence-electron chi connectivity index (χ4n) is 6.36. The number of amides is 8. The van der Waals surface area contributed by atoms with Crippen molar-refractivity contribution in [1.29, 1.82) is 0 Å². The maximum atomic E-state index is 14.0. The molecule has 354 valence electrons. The van der Waals surface area contributed by atoms with Crippen LogP contribution < -0.4 is 48.7 Å². The second kappa shape index (κ2) is 26.6. The lowest BCUT2D eigenvalue weighted by molar-refractivity contribution is -0.142. The lowest BCUT2D eigenvalue weighted by atomic mass is 9.99. The zero-order chi connectivity index (χ0) is 48.1. The molecule has 2 bridgehead atoms. The van der Waals surface area contributed by atoms with E-state index < -0.39 is 115 Å². The van der Waals surface area contributed by atoms with Gasteiger partial charge >= 0.3 is 11.9 Å². The number of nitrogens with one attached hydrogen (secondary N) is 7. The first kappa shape index (κ1) is 53.3. The third kappa shape index (κ3) is 18.7. The van der Waals surface area contributed by atoms with E-state index in [-0.39, 0.29) is 61.7 Å². The van der Waals surface area contributed by atoms with Crippen molar-refractivity contribution in [3.63, 3.8) is 0 Å². The molecule has 1 aromatic carbocycles. The number of guanidine groups is 1. The first-order valence-corrected chi connectivity index (χ1v) is 21.1. The Morgan fingerprint density at radius 2 is 1.56 bits per heavy atom. The summed E-state index contributed by atoms with van der Waals surface area (Å²) in [7, 11) is 1.36. The van der Waals surface area contributed by atoms with Crippen LogP contribution in [0.5, 0.6) is 0 Å². The summed E-state index contributed by atoms with van der Waals surface area (Å²) in [5, 5.41) is 36.5. The van der Waals surface area contributed by atoms with Gasteiger partial charge in [-0.3, -0.25) is 52.9 Å². The van der Waals surface area contributed by atoms with Crippen molar-refractivity contribution in [3.05, 3.63) is 29.3 Å². The normalized spacial score (nSPS) is 18.4. The van der Waals surface area contributed by atoms with E-state index in [1.54, 1.807) is 27.7 Å². The molecule has 64 heavy (non-hydrogen) atoms. The van der Waals surface area contributed by atoms with Crippen molar-refractivity contribution < 1.29 is 58.2 Å². The minimum Gasteiger partial charge on any atom is -0.481 e. The molecule has 0 fully saturated rings. The summed E-state index contributed by atoms with van der Waals surface area (Å²) in [5.74, 6) is -9.19. The minimum absolute atomic E-state index is 0.0105. The highest BCUT2D eigenvalue weighted by molar-refractivity contribution is 6.01. The van der Waals surface area contributed by atoms with E-state index in [2.05, 4.69) is 42.2 Å². The van der Waals surface area contributed by atoms with Gasteiger partial charge in [0.1, 0.15) is 24.2 Å². The number of hydrogen-bond donors (Lipinski definition) is 11. The van der Waals surface area contributed by atoms with E-state index in [1.807, 2.05) is 0 Å². The Bertz CT molecular complexity index is 1900. The smallest absolute Gasteiger partial charge is 0.305 e. The fourth-order valence-corrected chi connectivity index (χ4v) is 6.36. The van der Waals surface area contributed by atoms with Crippen LogP contribution >= 0.6 is 0 Å². The number of aliphatic imine (C=N–C) groups is 1. The van der Waals surface area contributed by atoms with Crippen LogP contribution in [0.15, 0.2) is 23.2 Å². The Labute approximate surface area is 371 Å². The van der Waals surface area contributed by atoms with Gasteiger partial charge in [-0.25, -0.2) is 0 Å². The second-order valence-electron chi connectivity index (χ2n) is 15.8. The van der Waals surface area contributed by atoms with Crippen LogP contribution in [0.4, 0.5) is 5.69 Å². The molecule has 2 rings (SSSR count). The summed E-state index contributed by atoms with van der Waals surface area (Å²) in [5.41, 5.74) is 11.2. The zero-order valence-electron chi connectivity index (χ0n) is 36.9. The fraction of sp³-hybridized carbons (Fsp3) is 0.585. The monoisotopic (exact) mass is 901 g/mol. The summed E-state index contributed by atoms with van der Waals surface area (Å²) in [6.07, 6.45) is 0.643. The first-order chi connectivity index (χ1) is 30.1. The quantitative estimate of drug-likeness (QED) is 0.0410. The Morgan fingerprint density at radius 1 is 0.875 bits per heavy atom. The molecular weight excluding hydrogens is 839 g/mol. The van der Waals surface area contributed by atoms with Gasteiger partial charge in [0.05, 0.1) is 19.4 Å². The molecule has 23 nitrogen and oxygen atoms in total. The van der Waals surface area contributed by atoms with Crippen LogP contribution in [0.25, 0.3) is 0 Å². The molecule has 0 aliphatic carbocycles. The largest absolute Gasteiger partial charge is 0.481 e. The maximum Gasteiger partial charge on any atom is 0.305 e. The van der Waals surface area contributed by atoms with E-state index in [0.29, 0.717) is 25.7 Å². The van der Waals surface area contributed by atoms with Crippen molar-refractivity contribution in [3.8, 4) is 0 Å². The third-order valence-corrected chi connectivity index (χ3v) is 10.2. The minimum atomic E-state index is -1.58. The van der Waals surface area contributed by atoms with Crippen LogP contribution in [-0.2, 0) is 49.7 Å². The van der Waals surface area contributed by atoms with E-state index in [1.165, 1.54) is 25.2 Å². The van der Waals surface area contributed by atoms with Crippen molar-refractivity contribution >= 4 is 70.8 Å². The summed E-state index contributed by atoms with van der Waals surface area (Å²) in [4.78, 5) is 134. The standard InChI is InChI=1S/C41H63N11O12/c1-6-23(4)35(59)50-28(19-33(57)58)37(61)44-13-9-7-8-12-30(53)48-26-16-24-15-25(17-26)36(60)51-34(22(2)3)40(64)52(5)29(11-10-14-45-41(42)43)39(63)47-21-31(54)49-27(18-32(55)56)38(62)46-20-24/h15-17,22-23,27-29,34H,6-14,18-21H2,1-5H3,(H,44,61)(H,46,62)(H,47,63)(H,48,53)(H,49,54)(H,50,59)(H,51,60)(H,55,56)(H,57,58)(H4,42,43,45)/t23-,27+,28+,29+,34-/m1/s1. The number of fused-ring (bicyclic) bond motifs is 2. The van der Waals surface area contributed by atoms with Gasteiger partial charge in [-0.2, -0.15) is 0 Å². The summed E-state index contributed by atoms with van der Waals surface area (Å²) >= 11 is 0. The van der Waals surface area contributed by atoms with Crippen LogP contribution in [0.2, 0.25) is 0 Å². The number of carbonyl (C=O) groups excluding carboxylic acids is 8. The van der Waals surface area contributed by atoms with E-state index >= 15 is 0 Å². The van der Waals surface area contributed by atoms with Crippen molar-refractivity contribution in [2.45, 2.75) is 116 Å². The van der Waals surface area contributed by atoms with Crippen molar-refractivity contribution in [2.75, 3.05) is 32.0 Å². The molecule has 0 radical (unpaired) electrons. The number of hydrogen-bond acceptors (Lipinski definition) is 11. The number of rotatable bonds is 20. The highest BCUT2D eigenvalue weighted by Crippen LogP contribution is 2.19. The number of anilines is 1. The molecule has 5 atom stereocenters. The lowest BCUT2D eigenvalue weighted by Crippen LogP contribution is -2.57. The summed E-state index contributed by atoms with van der Waals surface area (Å²) in [6, 6.07) is -0.939. The van der Waals surface area contributed by atoms with Gasteiger partial charge in [-0.1, -0.05) is 34.1 Å². The van der Waals surface area contributed by atoms with Crippen molar-refractivity contribution in [2.24, 2.45) is 28.3 Å². The van der Waals surface area contributed by atoms with Gasteiger partial charge in [0.25, 0.3) is 5.91 Å². The van der Waals surface area contributed by atoms with Crippen LogP contribution in [0.3, 0.4) is 0 Å². The summed E-state index contributed by atoms with van der Waals surface area (Å²) < 4.78 is 0. The molecule has 0 aromatic heterocycles. The molecule has 0 unspecified atom stereocenters. The van der Waals surface area contributed by atoms with E-state index in [9.17, 15) is 58.2 Å². The Hall–Kier alpha value is -6.81. The summed E-state index contributed by atoms with van der Waals surface area (Å²) in [6.45, 7) is 6.13. The number of likely N-dealkylation sites (N-methyl/N-ethyl adjacent to an activating group) is 1. The van der Waals surface area contributed by atoms with Gasteiger partial charge in [0, 0.05) is 50.3 Å². The Morgan fingerprint density at radius 3 is 2.19 bits per heavy atom. The number of unbranched alkanes of at least 4 members (excludes halogenated alkanes) is 2. The van der Waals surface area contributed by atoms with Crippen LogP contribution in [-0.4, -0.2) is 131 Å². The van der Waals surface area contributed by atoms with Gasteiger partial charge in [0.2, 0.25) is 41.4 Å². The number of nitrogens with zero attached hydrogens (tertiary/aromatic N) is 2. The molecule has 0 spiro atoms. The third-order valence-electron chi connectivity index (χ3n) is 10.2. The number of carboxylic acids is 2. The first-order valence-electron chi connectivity index (χ1n) is 21.1. The van der Waals surface area contributed by atoms with Crippen molar-refractivity contribution in [1.82, 2.24) is 36.8 Å². The average Bonchev–Trinajstić information content (AvgIpc) is 3.22. The highest BCUT2D eigenvalue weighted by atomic mass is 16.4. The molecule has 0 saturated heterocycles.